The Balaban J connectivity index is 1.97. The van der Waals surface area contributed by atoms with Gasteiger partial charge in [0.05, 0.1) is 0 Å². The minimum absolute atomic E-state index is 0.294. The number of rotatable bonds is 2. The zero-order chi connectivity index (χ0) is 16.7. The maximum atomic E-state index is 14.2. The fourth-order valence-electron chi connectivity index (χ4n) is 2.76. The second-order valence-corrected chi connectivity index (χ2v) is 5.65. The van der Waals surface area contributed by atoms with Gasteiger partial charge in [0.25, 0.3) is 5.91 Å². The Labute approximate surface area is 136 Å². The normalized spacial score (nSPS) is 13.1. The lowest BCUT2D eigenvalue weighted by Gasteiger charge is -2.17. The lowest BCUT2D eigenvalue weighted by molar-refractivity contribution is 0.0743. The summed E-state index contributed by atoms with van der Waals surface area (Å²) in [5.41, 5.74) is 2.26. The van der Waals surface area contributed by atoms with Crippen molar-refractivity contribution >= 4 is 23.2 Å². The molecule has 2 aromatic carbocycles. The second kappa shape index (κ2) is 5.62. The Hall–Kier alpha value is -2.47. The van der Waals surface area contributed by atoms with E-state index in [1.165, 1.54) is 4.90 Å². The number of carbonyl (C=O) groups is 1. The molecular weight excluding hydrogens is 323 g/mol. The Morgan fingerprint density at radius 1 is 1.30 bits per heavy atom. The summed E-state index contributed by atoms with van der Waals surface area (Å²) in [6.07, 6.45) is 0. The van der Waals surface area contributed by atoms with E-state index in [0.717, 1.165) is 22.9 Å². The number of hydrogen-bond donors (Lipinski definition) is 3. The minimum atomic E-state index is -1.13. The molecule has 2 aromatic rings. The van der Waals surface area contributed by atoms with Crippen LogP contribution in [-0.2, 0) is 13.1 Å². The van der Waals surface area contributed by atoms with E-state index in [9.17, 15) is 19.4 Å². The van der Waals surface area contributed by atoms with Gasteiger partial charge in [0.2, 0.25) is 0 Å². The highest BCUT2D eigenvalue weighted by Crippen LogP contribution is 2.37. The molecule has 7 heteroatoms. The van der Waals surface area contributed by atoms with E-state index < -0.39 is 33.8 Å². The highest BCUT2D eigenvalue weighted by atomic mass is 35.5. The summed E-state index contributed by atoms with van der Waals surface area (Å²) in [5.74, 6) is -3.06. The maximum Gasteiger partial charge on any atom is 0.261 e. The van der Waals surface area contributed by atoms with Crippen molar-refractivity contribution in [3.63, 3.8) is 0 Å². The molecule has 0 atom stereocenters. The van der Waals surface area contributed by atoms with Crippen LogP contribution in [0.2, 0.25) is 5.02 Å². The predicted octanol–water partition coefficient (Wildman–Crippen LogP) is 3.09. The Kier molecular flexibility index (Phi) is 3.77. The molecule has 120 valence electrons. The summed E-state index contributed by atoms with van der Waals surface area (Å²) in [5, 5.41) is 21.7. The number of anilines is 1. The fourth-order valence-corrected chi connectivity index (χ4v) is 2.91. The van der Waals surface area contributed by atoms with Crippen molar-refractivity contribution in [3.8, 4) is 11.5 Å². The highest BCUT2D eigenvalue weighted by molar-refractivity contribution is 6.32. The van der Waals surface area contributed by atoms with E-state index in [0.29, 0.717) is 13.1 Å². The van der Waals surface area contributed by atoms with Gasteiger partial charge in [-0.1, -0.05) is 23.7 Å². The van der Waals surface area contributed by atoms with E-state index >= 15 is 0 Å². The summed E-state index contributed by atoms with van der Waals surface area (Å²) in [7, 11) is 1.78. The molecule has 3 N–H and O–H groups in total. The third kappa shape index (κ3) is 2.45. The van der Waals surface area contributed by atoms with E-state index in [1.807, 2.05) is 18.2 Å². The largest absolute Gasteiger partial charge is 0.507 e. The Bertz CT molecular complexity index is 810. The van der Waals surface area contributed by atoms with Crippen molar-refractivity contribution in [2.24, 2.45) is 0 Å². The Morgan fingerprint density at radius 2 is 2.04 bits per heavy atom. The molecule has 0 aromatic heterocycles. The zero-order valence-electron chi connectivity index (χ0n) is 12.2. The quantitative estimate of drug-likeness (QED) is 0.788. The zero-order valence-corrected chi connectivity index (χ0v) is 13.0. The first-order valence-corrected chi connectivity index (χ1v) is 7.29. The molecule has 3 rings (SSSR count). The summed E-state index contributed by atoms with van der Waals surface area (Å²) in [6.45, 7) is 0.601. The van der Waals surface area contributed by atoms with Crippen molar-refractivity contribution < 1.29 is 19.4 Å². The van der Waals surface area contributed by atoms with Crippen LogP contribution in [0, 0.1) is 5.82 Å². The molecular formula is C16H14ClFN2O3. The molecule has 0 saturated heterocycles. The van der Waals surface area contributed by atoms with E-state index in [1.54, 1.807) is 7.05 Å². The molecule has 0 aliphatic carbocycles. The number of amides is 1. The van der Waals surface area contributed by atoms with Crippen LogP contribution in [0.3, 0.4) is 0 Å². The summed E-state index contributed by atoms with van der Waals surface area (Å²) in [6, 6.07) is 6.51. The number of hydrogen-bond acceptors (Lipinski definition) is 4. The molecule has 1 amide bonds. The molecule has 0 radical (unpaired) electrons. The van der Waals surface area contributed by atoms with E-state index in [-0.39, 0.29) is 0 Å². The summed E-state index contributed by atoms with van der Waals surface area (Å²) in [4.78, 5) is 14.0. The van der Waals surface area contributed by atoms with Crippen LogP contribution in [-0.4, -0.2) is 28.1 Å². The summed E-state index contributed by atoms with van der Waals surface area (Å²) >= 11 is 5.63. The number of fused-ring (bicyclic) bond motifs is 1. The SMILES string of the molecule is CNc1cccc2c1CN(C(=O)c1c(O)cc(O)c(Cl)c1F)C2. The minimum Gasteiger partial charge on any atom is -0.507 e. The van der Waals surface area contributed by atoms with Crippen LogP contribution in [0.5, 0.6) is 11.5 Å². The number of nitrogens with one attached hydrogen (secondary N) is 1. The third-order valence-electron chi connectivity index (χ3n) is 3.92. The van der Waals surface area contributed by atoms with Gasteiger partial charge < -0.3 is 20.4 Å². The molecule has 0 saturated carbocycles. The summed E-state index contributed by atoms with van der Waals surface area (Å²) < 4.78 is 14.2. The van der Waals surface area contributed by atoms with Gasteiger partial charge in [-0.05, 0) is 17.2 Å². The van der Waals surface area contributed by atoms with E-state index in [4.69, 9.17) is 11.6 Å². The van der Waals surface area contributed by atoms with Gasteiger partial charge in [-0.2, -0.15) is 0 Å². The fraction of sp³-hybridized carbons (Fsp3) is 0.188. The van der Waals surface area contributed by atoms with Gasteiger partial charge in [-0.25, -0.2) is 4.39 Å². The van der Waals surface area contributed by atoms with Crippen LogP contribution in [0.25, 0.3) is 0 Å². The van der Waals surface area contributed by atoms with Crippen molar-refractivity contribution in [1.29, 1.82) is 0 Å². The van der Waals surface area contributed by atoms with E-state index in [2.05, 4.69) is 5.32 Å². The average Bonchev–Trinajstić information content (AvgIpc) is 2.96. The molecule has 0 spiro atoms. The molecule has 0 unspecified atom stereocenters. The van der Waals surface area contributed by atoms with Crippen molar-refractivity contribution in [2.75, 3.05) is 12.4 Å². The predicted molar refractivity (Wildman–Crippen MR) is 84.3 cm³/mol. The third-order valence-corrected chi connectivity index (χ3v) is 4.28. The number of benzene rings is 2. The standard InChI is InChI=1S/C16H14ClFN2O3/c1-19-10-4-2-3-8-6-20(7-9(8)10)16(23)13-11(21)5-12(22)14(17)15(13)18/h2-5,19,21-22H,6-7H2,1H3. The van der Waals surface area contributed by atoms with Crippen LogP contribution in [0.4, 0.5) is 10.1 Å². The van der Waals surface area contributed by atoms with Crippen molar-refractivity contribution in [2.45, 2.75) is 13.1 Å². The van der Waals surface area contributed by atoms with Gasteiger partial charge in [0.1, 0.15) is 22.1 Å². The lowest BCUT2D eigenvalue weighted by atomic mass is 10.1. The first kappa shape index (κ1) is 15.4. The highest BCUT2D eigenvalue weighted by Gasteiger charge is 2.31. The number of phenols is 2. The van der Waals surface area contributed by atoms with Gasteiger partial charge in [0.15, 0.2) is 5.82 Å². The molecule has 23 heavy (non-hydrogen) atoms. The molecule has 1 aliphatic heterocycles. The van der Waals surface area contributed by atoms with Crippen LogP contribution in [0.1, 0.15) is 21.5 Å². The van der Waals surface area contributed by atoms with Crippen LogP contribution >= 0.6 is 11.6 Å². The lowest BCUT2D eigenvalue weighted by Crippen LogP contribution is -2.26. The Morgan fingerprint density at radius 3 is 2.74 bits per heavy atom. The topological polar surface area (TPSA) is 72.8 Å². The van der Waals surface area contributed by atoms with Gasteiger partial charge in [-0.15, -0.1) is 0 Å². The molecule has 0 fully saturated rings. The monoisotopic (exact) mass is 336 g/mol. The van der Waals surface area contributed by atoms with Crippen molar-refractivity contribution in [3.05, 3.63) is 51.8 Å². The van der Waals surface area contributed by atoms with Gasteiger partial charge in [-0.3, -0.25) is 4.79 Å². The molecule has 5 nitrogen and oxygen atoms in total. The molecule has 1 heterocycles. The smallest absolute Gasteiger partial charge is 0.261 e. The van der Waals surface area contributed by atoms with Crippen LogP contribution < -0.4 is 5.32 Å². The van der Waals surface area contributed by atoms with Crippen LogP contribution in [0.15, 0.2) is 24.3 Å². The maximum absolute atomic E-state index is 14.2. The average molecular weight is 337 g/mol. The number of phenolic OH excluding ortho intramolecular Hbond substituents is 2. The van der Waals surface area contributed by atoms with Gasteiger partial charge >= 0.3 is 0 Å². The number of nitrogens with zero attached hydrogens (tertiary/aromatic N) is 1. The number of halogens is 2. The van der Waals surface area contributed by atoms with Gasteiger partial charge in [0, 0.05) is 31.9 Å². The first-order chi connectivity index (χ1) is 10.9. The molecule has 1 aliphatic rings. The first-order valence-electron chi connectivity index (χ1n) is 6.91. The second-order valence-electron chi connectivity index (χ2n) is 5.27. The number of aromatic hydroxyl groups is 2. The molecule has 0 bridgehead atoms. The van der Waals surface area contributed by atoms with Crippen molar-refractivity contribution in [1.82, 2.24) is 4.90 Å². The number of carbonyl (C=O) groups excluding carboxylic acids is 1.